The van der Waals surface area contributed by atoms with E-state index in [0.717, 1.165) is 16.8 Å². The maximum absolute atomic E-state index is 14.2. The number of anilines is 1. The highest BCUT2D eigenvalue weighted by atomic mass is 19.1. The average molecular weight is 429 g/mol. The van der Waals surface area contributed by atoms with Gasteiger partial charge in [0.15, 0.2) is 11.6 Å². The number of aryl methyl sites for hydroxylation is 1. The Morgan fingerprint density at radius 2 is 2.09 bits per heavy atom. The SMILES string of the molecule is CCn1ncc2c1-c1cnc(N)c(c1)O[C@H](C)c1cc(F)ccc1-n1ncc(C#N)c1C2. The van der Waals surface area contributed by atoms with Crippen LogP contribution in [0, 0.1) is 17.1 Å². The number of nitrogens with zero attached hydrogens (tertiary/aromatic N) is 6. The molecule has 1 atom stereocenters. The second-order valence-electron chi connectivity index (χ2n) is 7.61. The quantitative estimate of drug-likeness (QED) is 0.493. The Labute approximate surface area is 183 Å². The van der Waals surface area contributed by atoms with Crippen LogP contribution in [-0.2, 0) is 13.0 Å². The highest BCUT2D eigenvalue weighted by Crippen LogP contribution is 2.36. The van der Waals surface area contributed by atoms with Gasteiger partial charge in [0.2, 0.25) is 0 Å². The minimum Gasteiger partial charge on any atom is -0.482 e. The Morgan fingerprint density at radius 3 is 2.88 bits per heavy atom. The van der Waals surface area contributed by atoms with E-state index in [-0.39, 0.29) is 5.82 Å². The molecule has 5 rings (SSSR count). The monoisotopic (exact) mass is 429 g/mol. The molecule has 3 aromatic heterocycles. The fourth-order valence-electron chi connectivity index (χ4n) is 4.13. The molecule has 2 N–H and O–H groups in total. The van der Waals surface area contributed by atoms with Crippen molar-refractivity contribution < 1.29 is 9.13 Å². The second-order valence-corrected chi connectivity index (χ2v) is 7.61. The maximum atomic E-state index is 14.2. The van der Waals surface area contributed by atoms with E-state index < -0.39 is 11.9 Å². The van der Waals surface area contributed by atoms with Gasteiger partial charge >= 0.3 is 0 Å². The number of nitriles is 1. The first-order valence-electron chi connectivity index (χ1n) is 10.2. The molecule has 0 saturated carbocycles. The molecular formula is C23H20FN7O. The summed E-state index contributed by atoms with van der Waals surface area (Å²) in [6, 6.07) is 8.47. The summed E-state index contributed by atoms with van der Waals surface area (Å²) >= 11 is 0. The molecule has 4 heterocycles. The van der Waals surface area contributed by atoms with Gasteiger partial charge in [-0.25, -0.2) is 14.1 Å². The molecule has 32 heavy (non-hydrogen) atoms. The van der Waals surface area contributed by atoms with Crippen LogP contribution in [0.4, 0.5) is 10.2 Å². The third kappa shape index (κ3) is 3.08. The zero-order chi connectivity index (χ0) is 22.4. The number of nitrogens with two attached hydrogens (primary N) is 1. The summed E-state index contributed by atoms with van der Waals surface area (Å²) in [6.07, 6.45) is 4.84. The lowest BCUT2D eigenvalue weighted by atomic mass is 10.0. The van der Waals surface area contributed by atoms with E-state index in [9.17, 15) is 9.65 Å². The number of hydrogen-bond donors (Lipinski definition) is 1. The smallest absolute Gasteiger partial charge is 0.166 e. The minimum absolute atomic E-state index is 0.242. The summed E-state index contributed by atoms with van der Waals surface area (Å²) in [7, 11) is 0. The molecule has 0 aliphatic carbocycles. The predicted octanol–water partition coefficient (Wildman–Crippen LogP) is 3.79. The normalized spacial score (nSPS) is 14.8. The number of fused-ring (bicyclic) bond motifs is 7. The van der Waals surface area contributed by atoms with Crippen molar-refractivity contribution >= 4 is 5.82 Å². The standard InChI is InChI=1S/C23H20FN7O/c1-3-30-22-14(11-28-30)6-20-16(9-25)12-29-31(20)19-5-4-17(24)8-18(19)13(2)32-21-7-15(22)10-27-23(21)26/h4-5,7-8,10-13H,3,6H2,1-2H3,(H2,26,27)/t13-/m1/s1. The number of benzene rings is 1. The van der Waals surface area contributed by atoms with Crippen molar-refractivity contribution in [3.63, 3.8) is 0 Å². The van der Waals surface area contributed by atoms with Crippen LogP contribution in [0.15, 0.2) is 42.9 Å². The van der Waals surface area contributed by atoms with E-state index >= 15 is 0 Å². The molecule has 0 unspecified atom stereocenters. The van der Waals surface area contributed by atoms with Crippen molar-refractivity contribution in [1.82, 2.24) is 24.5 Å². The largest absolute Gasteiger partial charge is 0.482 e. The van der Waals surface area contributed by atoms with Crippen molar-refractivity contribution in [2.45, 2.75) is 32.9 Å². The lowest BCUT2D eigenvalue weighted by molar-refractivity contribution is 0.226. The van der Waals surface area contributed by atoms with E-state index in [1.54, 1.807) is 23.1 Å². The van der Waals surface area contributed by atoms with Crippen LogP contribution in [0.25, 0.3) is 16.9 Å². The number of aromatic nitrogens is 5. The van der Waals surface area contributed by atoms with Gasteiger partial charge in [0.1, 0.15) is 18.0 Å². The van der Waals surface area contributed by atoms with Crippen molar-refractivity contribution in [1.29, 1.82) is 5.26 Å². The lowest BCUT2D eigenvalue weighted by Gasteiger charge is -2.22. The van der Waals surface area contributed by atoms with Crippen LogP contribution < -0.4 is 10.5 Å². The first kappa shape index (κ1) is 19.8. The summed E-state index contributed by atoms with van der Waals surface area (Å²) in [5.74, 6) is 0.247. The molecule has 0 spiro atoms. The first-order valence-corrected chi connectivity index (χ1v) is 10.2. The fraction of sp³-hybridized carbons (Fsp3) is 0.217. The third-order valence-corrected chi connectivity index (χ3v) is 5.68. The van der Waals surface area contributed by atoms with E-state index in [1.165, 1.54) is 18.3 Å². The molecule has 9 heteroatoms. The van der Waals surface area contributed by atoms with Crippen LogP contribution in [-0.4, -0.2) is 24.5 Å². The molecule has 2 bridgehead atoms. The molecule has 8 nitrogen and oxygen atoms in total. The lowest BCUT2D eigenvalue weighted by Crippen LogP contribution is -2.14. The zero-order valence-electron chi connectivity index (χ0n) is 17.6. The number of hydrogen-bond acceptors (Lipinski definition) is 6. The molecule has 1 aliphatic heterocycles. The Kier molecular flexibility index (Phi) is 4.63. The summed E-state index contributed by atoms with van der Waals surface area (Å²) in [6.45, 7) is 4.47. The molecule has 0 amide bonds. The van der Waals surface area contributed by atoms with Crippen LogP contribution in [0.1, 0.15) is 42.3 Å². The molecule has 1 aromatic carbocycles. The van der Waals surface area contributed by atoms with Crippen molar-refractivity contribution in [2.24, 2.45) is 0 Å². The summed E-state index contributed by atoms with van der Waals surface area (Å²) in [5.41, 5.74) is 11.0. The van der Waals surface area contributed by atoms with Gasteiger partial charge in [-0.15, -0.1) is 0 Å². The molecular weight excluding hydrogens is 409 g/mol. The van der Waals surface area contributed by atoms with E-state index in [1.807, 2.05) is 24.6 Å². The second kappa shape index (κ2) is 7.50. The van der Waals surface area contributed by atoms with Crippen LogP contribution in [0.2, 0.25) is 0 Å². The Bertz CT molecular complexity index is 1380. The number of ether oxygens (including phenoxy) is 1. The van der Waals surface area contributed by atoms with Crippen LogP contribution in [0.3, 0.4) is 0 Å². The van der Waals surface area contributed by atoms with Gasteiger partial charge in [0, 0.05) is 35.9 Å². The number of halogens is 1. The molecule has 160 valence electrons. The van der Waals surface area contributed by atoms with Gasteiger partial charge in [-0.3, -0.25) is 4.68 Å². The van der Waals surface area contributed by atoms with Gasteiger partial charge in [-0.2, -0.15) is 15.5 Å². The minimum atomic E-state index is -0.558. The van der Waals surface area contributed by atoms with Crippen molar-refractivity contribution in [2.75, 3.05) is 5.73 Å². The summed E-state index contributed by atoms with van der Waals surface area (Å²) in [4.78, 5) is 4.33. The van der Waals surface area contributed by atoms with Crippen molar-refractivity contribution in [3.05, 3.63) is 71.1 Å². The van der Waals surface area contributed by atoms with E-state index in [0.29, 0.717) is 41.2 Å². The summed E-state index contributed by atoms with van der Waals surface area (Å²) in [5, 5.41) is 18.7. The van der Waals surface area contributed by atoms with Crippen molar-refractivity contribution in [3.8, 4) is 28.8 Å². The Hall–Kier alpha value is -4.19. The number of nitrogen functional groups attached to an aromatic ring is 1. The molecule has 0 radical (unpaired) electrons. The third-order valence-electron chi connectivity index (χ3n) is 5.68. The van der Waals surface area contributed by atoms with Crippen LogP contribution >= 0.6 is 0 Å². The summed E-state index contributed by atoms with van der Waals surface area (Å²) < 4.78 is 23.9. The molecule has 1 aliphatic rings. The molecule has 0 fully saturated rings. The first-order chi connectivity index (χ1) is 15.5. The zero-order valence-corrected chi connectivity index (χ0v) is 17.6. The highest BCUT2D eigenvalue weighted by molar-refractivity contribution is 5.68. The van der Waals surface area contributed by atoms with E-state index in [4.69, 9.17) is 10.5 Å². The number of pyridine rings is 1. The van der Waals surface area contributed by atoms with Gasteiger partial charge in [-0.05, 0) is 38.1 Å². The Morgan fingerprint density at radius 1 is 1.25 bits per heavy atom. The fourth-order valence-corrected chi connectivity index (χ4v) is 4.13. The maximum Gasteiger partial charge on any atom is 0.166 e. The van der Waals surface area contributed by atoms with Crippen LogP contribution in [0.5, 0.6) is 5.75 Å². The number of rotatable bonds is 1. The molecule has 4 aromatic rings. The highest BCUT2D eigenvalue weighted by Gasteiger charge is 2.24. The predicted molar refractivity (Wildman–Crippen MR) is 116 cm³/mol. The van der Waals surface area contributed by atoms with Gasteiger partial charge < -0.3 is 10.5 Å². The Balaban J connectivity index is 1.83. The topological polar surface area (TPSA) is 108 Å². The van der Waals surface area contributed by atoms with Gasteiger partial charge in [0.25, 0.3) is 0 Å². The van der Waals surface area contributed by atoms with E-state index in [2.05, 4.69) is 21.3 Å². The van der Waals surface area contributed by atoms with Gasteiger partial charge in [0.05, 0.1) is 35.0 Å². The average Bonchev–Trinajstić information content (AvgIpc) is 3.38. The molecule has 0 saturated heterocycles. The van der Waals surface area contributed by atoms with Gasteiger partial charge in [-0.1, -0.05) is 0 Å².